The van der Waals surface area contributed by atoms with Gasteiger partial charge in [0.15, 0.2) is 23.2 Å². The van der Waals surface area contributed by atoms with E-state index in [0.29, 0.717) is 29.4 Å². The normalized spacial score (nSPS) is 21.4. The summed E-state index contributed by atoms with van der Waals surface area (Å²) in [6, 6.07) is 15.5. The first-order chi connectivity index (χ1) is 18.0. The van der Waals surface area contributed by atoms with Crippen LogP contribution in [0.5, 0.6) is 5.75 Å². The Morgan fingerprint density at radius 3 is 2.57 bits per heavy atom. The molecular weight excluding hydrogens is 480 g/mol. The highest BCUT2D eigenvalue weighted by Gasteiger charge is 2.45. The number of rotatable bonds is 9. The fourth-order valence-corrected chi connectivity index (χ4v) is 4.31. The number of hydrogen-bond donors (Lipinski definition) is 6. The number of ether oxygens (including phenoxy) is 2. The van der Waals surface area contributed by atoms with Crippen molar-refractivity contribution < 1.29 is 29.9 Å². The van der Waals surface area contributed by atoms with Crippen molar-refractivity contribution in [1.82, 2.24) is 19.5 Å². The number of anilines is 2. The predicted molar refractivity (Wildman–Crippen MR) is 135 cm³/mol. The van der Waals surface area contributed by atoms with E-state index >= 15 is 0 Å². The van der Waals surface area contributed by atoms with Gasteiger partial charge in [0.1, 0.15) is 37.0 Å². The third-order valence-corrected chi connectivity index (χ3v) is 6.21. The molecule has 2 aromatic carbocycles. The first-order valence-corrected chi connectivity index (χ1v) is 11.8. The summed E-state index contributed by atoms with van der Waals surface area (Å²) in [5.41, 5.74) is 9.58. The van der Waals surface area contributed by atoms with Crippen molar-refractivity contribution in [3.63, 3.8) is 0 Å². The molecule has 5 rings (SSSR count). The van der Waals surface area contributed by atoms with Crippen LogP contribution < -0.4 is 15.8 Å². The molecule has 37 heavy (non-hydrogen) atoms. The maximum absolute atomic E-state index is 10.6. The number of aliphatic hydroxyl groups excluding tert-OH is 4. The monoisotopic (exact) mass is 508 g/mol. The number of hydrogen-bond acceptors (Lipinski definition) is 11. The van der Waals surface area contributed by atoms with E-state index in [2.05, 4.69) is 20.3 Å². The van der Waals surface area contributed by atoms with Crippen molar-refractivity contribution in [3.8, 4) is 16.9 Å². The first-order valence-electron chi connectivity index (χ1n) is 11.8. The van der Waals surface area contributed by atoms with Crippen LogP contribution in [0.3, 0.4) is 0 Å². The highest BCUT2D eigenvalue weighted by molar-refractivity contribution is 5.84. The number of imidazole rings is 1. The Morgan fingerprint density at radius 2 is 1.84 bits per heavy atom. The molecule has 1 aliphatic rings. The lowest BCUT2D eigenvalue weighted by Crippen LogP contribution is -2.33. The van der Waals surface area contributed by atoms with E-state index in [0.717, 1.165) is 16.7 Å². The van der Waals surface area contributed by atoms with Crippen LogP contribution in [0.25, 0.3) is 22.3 Å². The lowest BCUT2D eigenvalue weighted by atomic mass is 10.0. The van der Waals surface area contributed by atoms with Crippen LogP contribution in [-0.2, 0) is 11.3 Å². The maximum Gasteiger partial charge on any atom is 0.207 e. The third kappa shape index (κ3) is 4.92. The zero-order chi connectivity index (χ0) is 25.9. The Kier molecular flexibility index (Phi) is 7.17. The summed E-state index contributed by atoms with van der Waals surface area (Å²) >= 11 is 0. The molecule has 0 aliphatic carbocycles. The van der Waals surface area contributed by atoms with Gasteiger partial charge in [-0.3, -0.25) is 4.57 Å². The van der Waals surface area contributed by atoms with Crippen molar-refractivity contribution in [1.29, 1.82) is 0 Å². The average molecular weight is 509 g/mol. The molecule has 0 spiro atoms. The van der Waals surface area contributed by atoms with E-state index in [1.807, 2.05) is 48.5 Å². The minimum absolute atomic E-state index is 0.0483. The summed E-state index contributed by atoms with van der Waals surface area (Å²) in [4.78, 5) is 12.8. The van der Waals surface area contributed by atoms with Crippen molar-refractivity contribution in [2.24, 2.45) is 0 Å². The molecule has 194 valence electrons. The second-order valence-electron chi connectivity index (χ2n) is 8.62. The molecular formula is C25H28N6O6. The number of aliphatic hydroxyl groups is 4. The molecule has 0 bridgehead atoms. The van der Waals surface area contributed by atoms with Gasteiger partial charge in [0.05, 0.1) is 13.2 Å². The molecule has 1 aliphatic heterocycles. The quantitative estimate of drug-likeness (QED) is 0.187. The maximum atomic E-state index is 10.6. The van der Waals surface area contributed by atoms with Crippen LogP contribution >= 0.6 is 0 Å². The van der Waals surface area contributed by atoms with Gasteiger partial charge in [0.2, 0.25) is 5.95 Å². The van der Waals surface area contributed by atoms with Gasteiger partial charge in [-0.15, -0.1) is 0 Å². The number of nitrogens with one attached hydrogen (secondary N) is 1. The molecule has 4 atom stereocenters. The van der Waals surface area contributed by atoms with Gasteiger partial charge in [-0.1, -0.05) is 36.4 Å². The lowest BCUT2D eigenvalue weighted by Gasteiger charge is -2.19. The molecule has 0 radical (unpaired) electrons. The molecule has 1 fully saturated rings. The Bertz CT molecular complexity index is 1360. The zero-order valence-electron chi connectivity index (χ0n) is 19.8. The van der Waals surface area contributed by atoms with Crippen molar-refractivity contribution in [2.75, 3.05) is 30.9 Å². The number of nitrogen functional groups attached to an aromatic ring is 1. The molecule has 4 aromatic rings. The minimum Gasteiger partial charge on any atom is -0.491 e. The summed E-state index contributed by atoms with van der Waals surface area (Å²) in [5.74, 6) is 1.16. The van der Waals surface area contributed by atoms with Gasteiger partial charge in [0.25, 0.3) is 0 Å². The van der Waals surface area contributed by atoms with E-state index in [-0.39, 0.29) is 19.0 Å². The van der Waals surface area contributed by atoms with Crippen LogP contribution in [-0.4, -0.2) is 78.1 Å². The van der Waals surface area contributed by atoms with Crippen molar-refractivity contribution >= 4 is 22.9 Å². The number of nitrogens with zero attached hydrogens (tertiary/aromatic N) is 4. The predicted octanol–water partition coefficient (Wildman–Crippen LogP) is 0.670. The molecule has 2 unspecified atom stereocenters. The van der Waals surface area contributed by atoms with Gasteiger partial charge < -0.3 is 41.0 Å². The summed E-state index contributed by atoms with van der Waals surface area (Å²) in [6.45, 7) is 0.112. The second kappa shape index (κ2) is 10.7. The van der Waals surface area contributed by atoms with Crippen LogP contribution in [0.4, 0.5) is 11.8 Å². The molecule has 0 amide bonds. The molecule has 7 N–H and O–H groups in total. The van der Waals surface area contributed by atoms with Crippen LogP contribution in [0, 0.1) is 0 Å². The fraction of sp³-hybridized carbons (Fsp3) is 0.320. The van der Waals surface area contributed by atoms with Gasteiger partial charge in [-0.25, -0.2) is 15.0 Å². The molecule has 3 heterocycles. The number of aromatic nitrogens is 4. The topological polar surface area (TPSA) is 181 Å². The molecule has 12 heteroatoms. The Labute approximate surface area is 212 Å². The first kappa shape index (κ1) is 24.9. The smallest absolute Gasteiger partial charge is 0.207 e. The Hall–Kier alpha value is -3.81. The summed E-state index contributed by atoms with van der Waals surface area (Å²) in [6.07, 6.45) is -3.31. The molecule has 2 aromatic heterocycles. The Balaban J connectivity index is 1.38. The van der Waals surface area contributed by atoms with Crippen molar-refractivity contribution in [2.45, 2.75) is 31.1 Å². The van der Waals surface area contributed by atoms with E-state index < -0.39 is 31.1 Å². The summed E-state index contributed by atoms with van der Waals surface area (Å²) < 4.78 is 12.7. The van der Waals surface area contributed by atoms with Crippen LogP contribution in [0.1, 0.15) is 11.8 Å². The van der Waals surface area contributed by atoms with Crippen LogP contribution in [0.2, 0.25) is 0 Å². The van der Waals surface area contributed by atoms with E-state index in [1.165, 1.54) is 10.9 Å². The highest BCUT2D eigenvalue weighted by Crippen LogP contribution is 2.35. The number of nitrogens with two attached hydrogens (primary N) is 1. The largest absolute Gasteiger partial charge is 0.491 e. The van der Waals surface area contributed by atoms with Crippen LogP contribution in [0.15, 0.2) is 54.9 Å². The third-order valence-electron chi connectivity index (χ3n) is 6.21. The van der Waals surface area contributed by atoms with E-state index in [4.69, 9.17) is 20.3 Å². The average Bonchev–Trinajstić information content (AvgIpc) is 3.43. The highest BCUT2D eigenvalue weighted by atomic mass is 16.6. The number of fused-ring (bicyclic) bond motifs is 1. The van der Waals surface area contributed by atoms with Gasteiger partial charge in [0, 0.05) is 6.54 Å². The molecule has 1 saturated heterocycles. The molecule has 12 nitrogen and oxygen atoms in total. The zero-order valence-corrected chi connectivity index (χ0v) is 19.8. The van der Waals surface area contributed by atoms with Gasteiger partial charge >= 0.3 is 0 Å². The summed E-state index contributed by atoms with van der Waals surface area (Å²) in [7, 11) is 0. The lowest BCUT2D eigenvalue weighted by molar-refractivity contribution is -0.0501. The van der Waals surface area contributed by atoms with Crippen molar-refractivity contribution in [3.05, 3.63) is 60.4 Å². The summed E-state index contributed by atoms with van der Waals surface area (Å²) in [5, 5.41) is 42.6. The number of benzene rings is 2. The molecule has 0 saturated carbocycles. The Morgan fingerprint density at radius 1 is 1.03 bits per heavy atom. The minimum atomic E-state index is -1.32. The second-order valence-corrected chi connectivity index (χ2v) is 8.62. The van der Waals surface area contributed by atoms with E-state index in [9.17, 15) is 15.3 Å². The van der Waals surface area contributed by atoms with E-state index in [1.54, 1.807) is 0 Å². The van der Waals surface area contributed by atoms with Gasteiger partial charge in [-0.2, -0.15) is 0 Å². The fourth-order valence-electron chi connectivity index (χ4n) is 4.31. The SMILES string of the molecule is Nc1ncnc2c1nc(NCc1ccc(-c3cccc(OCCO)c3)cc1)n2[C@@H]1O[C@H](CO)C(O)C1O. The van der Waals surface area contributed by atoms with Gasteiger partial charge in [-0.05, 0) is 28.8 Å². The standard InChI is InChI=1S/C25H28N6O6/c26-22-19-23(29-13-28-22)31(24-21(35)20(34)18(12-33)37-24)25(30-19)27-11-14-4-6-15(7-5-14)16-2-1-3-17(10-16)36-9-8-32/h1-7,10,13,18,20-21,24,32-35H,8-9,11-12H2,(H,27,30)(H2,26,28,29)/t18-,20?,21?,24-/m1/s1.